The molecule has 1 aromatic carbocycles. The van der Waals surface area contributed by atoms with Crippen LogP contribution in [0, 0.1) is 5.41 Å². The fourth-order valence-electron chi connectivity index (χ4n) is 4.16. The van der Waals surface area contributed by atoms with Crippen LogP contribution in [0.3, 0.4) is 0 Å². The van der Waals surface area contributed by atoms with Crippen LogP contribution in [0.4, 0.5) is 0 Å². The topological polar surface area (TPSA) is 57.2 Å². The monoisotopic (exact) mass is 528 g/mol. The lowest BCUT2D eigenvalue weighted by Gasteiger charge is -2.35. The van der Waals surface area contributed by atoms with E-state index in [9.17, 15) is 4.79 Å². The van der Waals surface area contributed by atoms with Gasteiger partial charge < -0.3 is 19.9 Å². The second-order valence-corrected chi connectivity index (χ2v) is 9.17. The molecule has 1 aromatic rings. The van der Waals surface area contributed by atoms with E-state index in [4.69, 9.17) is 9.73 Å². The van der Waals surface area contributed by atoms with Crippen LogP contribution in [-0.4, -0.2) is 66.6 Å². The number of aliphatic imine (C=N–C) groups is 1. The van der Waals surface area contributed by atoms with Crippen LogP contribution in [0.25, 0.3) is 0 Å². The molecule has 1 N–H and O–H groups in total. The van der Waals surface area contributed by atoms with Gasteiger partial charge in [0.05, 0.1) is 18.8 Å². The second kappa shape index (κ2) is 10.8. The highest BCUT2D eigenvalue weighted by atomic mass is 127. The highest BCUT2D eigenvalue weighted by molar-refractivity contribution is 14.0. The predicted octanol–water partition coefficient (Wildman–Crippen LogP) is 3.75. The number of guanidine groups is 1. The molecule has 0 spiro atoms. The third kappa shape index (κ3) is 6.57. The van der Waals surface area contributed by atoms with Crippen LogP contribution in [0.2, 0.25) is 0 Å². The zero-order chi connectivity index (χ0) is 21.0. The van der Waals surface area contributed by atoms with Gasteiger partial charge in [-0.3, -0.25) is 4.79 Å². The fraction of sp³-hybridized carbons (Fsp3) is 0.652. The number of amides is 1. The van der Waals surface area contributed by atoms with E-state index in [1.165, 1.54) is 6.42 Å². The van der Waals surface area contributed by atoms with Gasteiger partial charge in [-0.2, -0.15) is 0 Å². The molecule has 2 atom stereocenters. The minimum Gasteiger partial charge on any atom is -0.372 e. The molecule has 30 heavy (non-hydrogen) atoms. The van der Waals surface area contributed by atoms with Gasteiger partial charge in [0, 0.05) is 38.3 Å². The highest BCUT2D eigenvalue weighted by Gasteiger charge is 2.31. The average molecular weight is 528 g/mol. The van der Waals surface area contributed by atoms with Gasteiger partial charge in [-0.1, -0.05) is 26.0 Å². The van der Waals surface area contributed by atoms with Crippen molar-refractivity contribution in [3.05, 3.63) is 35.4 Å². The summed E-state index contributed by atoms with van der Waals surface area (Å²) in [4.78, 5) is 21.9. The van der Waals surface area contributed by atoms with E-state index < -0.39 is 0 Å². The number of rotatable bonds is 4. The van der Waals surface area contributed by atoms with Crippen molar-refractivity contribution >= 4 is 35.8 Å². The lowest BCUT2D eigenvalue weighted by Crippen LogP contribution is -2.48. The summed E-state index contributed by atoms with van der Waals surface area (Å²) in [6, 6.07) is 7.87. The van der Waals surface area contributed by atoms with Crippen molar-refractivity contribution < 1.29 is 9.53 Å². The lowest BCUT2D eigenvalue weighted by atomic mass is 9.93. The molecule has 2 aliphatic heterocycles. The summed E-state index contributed by atoms with van der Waals surface area (Å²) in [5.41, 5.74) is 2.18. The van der Waals surface area contributed by atoms with Crippen molar-refractivity contribution in [2.24, 2.45) is 10.4 Å². The summed E-state index contributed by atoms with van der Waals surface area (Å²) >= 11 is 0. The van der Waals surface area contributed by atoms with Crippen molar-refractivity contribution in [3.63, 3.8) is 0 Å². The fourth-order valence-corrected chi connectivity index (χ4v) is 4.16. The third-order valence-electron chi connectivity index (χ3n) is 5.63. The minimum absolute atomic E-state index is 0. The maximum absolute atomic E-state index is 12.8. The van der Waals surface area contributed by atoms with E-state index in [0.717, 1.165) is 36.7 Å². The summed E-state index contributed by atoms with van der Waals surface area (Å²) in [5.74, 6) is 1.06. The minimum atomic E-state index is 0. The molecule has 2 saturated heterocycles. The molecule has 1 amide bonds. The maximum Gasteiger partial charge on any atom is 0.254 e. The smallest absolute Gasteiger partial charge is 0.254 e. The van der Waals surface area contributed by atoms with Gasteiger partial charge in [0.25, 0.3) is 5.91 Å². The largest absolute Gasteiger partial charge is 0.372 e. The summed E-state index contributed by atoms with van der Waals surface area (Å²) in [7, 11) is 0. The van der Waals surface area contributed by atoms with E-state index in [1.54, 1.807) is 0 Å². The first-order chi connectivity index (χ1) is 13.8. The van der Waals surface area contributed by atoms with Crippen LogP contribution in [0.1, 0.15) is 57.0 Å². The Morgan fingerprint density at radius 2 is 1.80 bits per heavy atom. The summed E-state index contributed by atoms with van der Waals surface area (Å²) in [5, 5.41) is 3.42. The first kappa shape index (κ1) is 24.9. The van der Waals surface area contributed by atoms with Crippen molar-refractivity contribution in [3.8, 4) is 0 Å². The van der Waals surface area contributed by atoms with Gasteiger partial charge in [0.2, 0.25) is 0 Å². The summed E-state index contributed by atoms with van der Waals surface area (Å²) in [6.45, 7) is 15.6. The summed E-state index contributed by atoms with van der Waals surface area (Å²) in [6.07, 6.45) is 1.35. The van der Waals surface area contributed by atoms with E-state index in [0.29, 0.717) is 25.0 Å². The molecule has 0 aliphatic carbocycles. The Balaban J connectivity index is 0.00000320. The molecule has 0 saturated carbocycles. The van der Waals surface area contributed by atoms with Gasteiger partial charge in [-0.25, -0.2) is 4.99 Å². The molecular weight excluding hydrogens is 491 g/mol. The van der Waals surface area contributed by atoms with Crippen molar-refractivity contribution in [1.82, 2.24) is 15.1 Å². The first-order valence-corrected chi connectivity index (χ1v) is 10.8. The number of ether oxygens (including phenoxy) is 1. The van der Waals surface area contributed by atoms with E-state index in [2.05, 4.69) is 31.0 Å². The van der Waals surface area contributed by atoms with Gasteiger partial charge in [-0.05, 0) is 50.3 Å². The van der Waals surface area contributed by atoms with Crippen LogP contribution in [0.5, 0.6) is 0 Å². The zero-order valence-electron chi connectivity index (χ0n) is 19.0. The second-order valence-electron chi connectivity index (χ2n) is 9.17. The van der Waals surface area contributed by atoms with E-state index >= 15 is 0 Å². The molecule has 2 heterocycles. The van der Waals surface area contributed by atoms with Crippen LogP contribution >= 0.6 is 24.0 Å². The lowest BCUT2D eigenvalue weighted by molar-refractivity contribution is -0.0586. The normalized spacial score (nSPS) is 23.8. The van der Waals surface area contributed by atoms with Crippen LogP contribution in [-0.2, 0) is 11.3 Å². The number of carbonyl (C=O) groups excluding carboxylic acids is 1. The van der Waals surface area contributed by atoms with Gasteiger partial charge >= 0.3 is 0 Å². The van der Waals surface area contributed by atoms with Crippen LogP contribution in [0.15, 0.2) is 29.3 Å². The molecule has 0 aromatic heterocycles. The standard InChI is InChI=1S/C23H36N4O2.HI/c1-6-24-22(26-12-11-23(4,5)16-26)25-13-19-7-9-20(10-8-19)21(28)27-14-17(2)29-18(3)15-27;/h7-10,17-18H,6,11-16H2,1-5H3,(H,24,25);1H. The highest BCUT2D eigenvalue weighted by Crippen LogP contribution is 2.28. The van der Waals surface area contributed by atoms with Gasteiger partial charge in [0.1, 0.15) is 0 Å². The van der Waals surface area contributed by atoms with Crippen LogP contribution < -0.4 is 5.32 Å². The van der Waals surface area contributed by atoms with Crippen molar-refractivity contribution in [2.45, 2.75) is 59.8 Å². The van der Waals surface area contributed by atoms with Crippen molar-refractivity contribution in [1.29, 1.82) is 0 Å². The number of likely N-dealkylation sites (tertiary alicyclic amines) is 1. The van der Waals surface area contributed by atoms with E-state index in [1.807, 2.05) is 43.0 Å². The Morgan fingerprint density at radius 1 is 1.17 bits per heavy atom. The van der Waals surface area contributed by atoms with Gasteiger partial charge in [-0.15, -0.1) is 24.0 Å². The molecule has 2 aliphatic rings. The molecule has 7 heteroatoms. The first-order valence-electron chi connectivity index (χ1n) is 10.8. The molecule has 3 rings (SSSR count). The molecule has 2 fully saturated rings. The number of hydrogen-bond acceptors (Lipinski definition) is 3. The Morgan fingerprint density at radius 3 is 2.33 bits per heavy atom. The Hall–Kier alpha value is -1.35. The molecule has 0 bridgehead atoms. The number of benzene rings is 1. The number of morpholine rings is 1. The Kier molecular flexibility index (Phi) is 8.97. The number of carbonyl (C=O) groups is 1. The maximum atomic E-state index is 12.8. The molecule has 0 radical (unpaired) electrons. The van der Waals surface area contributed by atoms with E-state index in [-0.39, 0.29) is 42.1 Å². The molecule has 168 valence electrons. The van der Waals surface area contributed by atoms with Crippen molar-refractivity contribution in [2.75, 3.05) is 32.7 Å². The number of halogens is 1. The SMILES string of the molecule is CCNC(=NCc1ccc(C(=O)N2CC(C)OC(C)C2)cc1)N1CCC(C)(C)C1.I. The average Bonchev–Trinajstić information content (AvgIpc) is 3.04. The molecular formula is C23H37IN4O2. The number of nitrogens with one attached hydrogen (secondary N) is 1. The quantitative estimate of drug-likeness (QED) is 0.368. The third-order valence-corrected chi connectivity index (χ3v) is 5.63. The number of nitrogens with zero attached hydrogens (tertiary/aromatic N) is 3. The predicted molar refractivity (Wildman–Crippen MR) is 133 cm³/mol. The Bertz CT molecular complexity index is 725. The zero-order valence-corrected chi connectivity index (χ0v) is 21.3. The van der Waals surface area contributed by atoms with Gasteiger partial charge in [0.15, 0.2) is 5.96 Å². The molecule has 6 nitrogen and oxygen atoms in total. The summed E-state index contributed by atoms with van der Waals surface area (Å²) < 4.78 is 5.73. The number of hydrogen-bond donors (Lipinski definition) is 1. The molecule has 2 unspecified atom stereocenters. The Labute approximate surface area is 198 Å².